The minimum absolute atomic E-state index is 0.0131. The quantitative estimate of drug-likeness (QED) is 0.834. The molecule has 98 valence electrons. The minimum Gasteiger partial charge on any atom is -0.392 e. The van der Waals surface area contributed by atoms with E-state index in [1.165, 1.54) is 10.4 Å². The summed E-state index contributed by atoms with van der Waals surface area (Å²) in [7, 11) is 0. The molecular weight excluding hydrogens is 264 g/mol. The van der Waals surface area contributed by atoms with Crippen LogP contribution in [-0.2, 0) is 11.3 Å². The van der Waals surface area contributed by atoms with Crippen LogP contribution in [0.2, 0.25) is 0 Å². The van der Waals surface area contributed by atoms with Crippen molar-refractivity contribution in [1.29, 1.82) is 0 Å². The fourth-order valence-electron chi connectivity index (χ4n) is 2.54. The van der Waals surface area contributed by atoms with Crippen molar-refractivity contribution in [3.63, 3.8) is 0 Å². The Morgan fingerprint density at radius 3 is 2.78 bits per heavy atom. The van der Waals surface area contributed by atoms with Crippen molar-refractivity contribution in [3.05, 3.63) is 21.9 Å². The van der Waals surface area contributed by atoms with Crippen LogP contribution >= 0.6 is 23.6 Å². The number of hydrogen-bond donors (Lipinski definition) is 2. The van der Waals surface area contributed by atoms with Gasteiger partial charge in [-0.2, -0.15) is 0 Å². The van der Waals surface area contributed by atoms with Crippen LogP contribution in [0.1, 0.15) is 30.2 Å². The third kappa shape index (κ3) is 2.29. The van der Waals surface area contributed by atoms with Gasteiger partial charge >= 0.3 is 0 Å². The molecule has 1 saturated carbocycles. The summed E-state index contributed by atoms with van der Waals surface area (Å²) in [6, 6.07) is 2.06. The molecule has 1 aliphatic carbocycles. The van der Waals surface area contributed by atoms with Crippen LogP contribution in [0.5, 0.6) is 0 Å². The van der Waals surface area contributed by atoms with Gasteiger partial charge in [-0.05, 0) is 42.7 Å². The summed E-state index contributed by atoms with van der Waals surface area (Å²) in [4.78, 5) is 13.8. The van der Waals surface area contributed by atoms with Gasteiger partial charge in [0.15, 0.2) is 0 Å². The first-order valence-electron chi connectivity index (χ1n) is 6.07. The summed E-state index contributed by atoms with van der Waals surface area (Å²) in [6.45, 7) is 4.74. The van der Waals surface area contributed by atoms with Gasteiger partial charge in [0.05, 0.1) is 16.9 Å². The van der Waals surface area contributed by atoms with Crippen LogP contribution in [0, 0.1) is 18.3 Å². The van der Waals surface area contributed by atoms with E-state index in [9.17, 15) is 4.79 Å². The molecule has 0 atom stereocenters. The van der Waals surface area contributed by atoms with E-state index in [-0.39, 0.29) is 5.91 Å². The minimum atomic E-state index is -0.597. The zero-order valence-electron chi connectivity index (χ0n) is 10.7. The molecule has 0 aromatic carbocycles. The molecule has 0 unspecified atom stereocenters. The highest BCUT2D eigenvalue weighted by molar-refractivity contribution is 7.80. The van der Waals surface area contributed by atoms with E-state index in [1.807, 2.05) is 12.3 Å². The number of aryl methyl sites for hydroxylation is 1. The van der Waals surface area contributed by atoms with E-state index in [1.54, 1.807) is 11.3 Å². The number of rotatable bonds is 4. The summed E-state index contributed by atoms with van der Waals surface area (Å²) < 4.78 is 0. The Kier molecular flexibility index (Phi) is 3.73. The predicted octanol–water partition coefficient (Wildman–Crippen LogP) is 2.38. The smallest absolute Gasteiger partial charge is 0.233 e. The first-order valence-corrected chi connectivity index (χ1v) is 7.35. The van der Waals surface area contributed by atoms with Crippen molar-refractivity contribution >= 4 is 34.5 Å². The number of thiophene rings is 1. The highest BCUT2D eigenvalue weighted by atomic mass is 32.1. The SMILES string of the molecule is Cc1ccsc1CNC(=O)C1(C(N)=S)CC(C)C1. The maximum Gasteiger partial charge on any atom is 0.233 e. The molecule has 0 spiro atoms. The lowest BCUT2D eigenvalue weighted by molar-refractivity contribution is -0.133. The Labute approximate surface area is 117 Å². The first kappa shape index (κ1) is 13.5. The molecule has 1 fully saturated rings. The van der Waals surface area contributed by atoms with Gasteiger partial charge in [0, 0.05) is 4.88 Å². The first-order chi connectivity index (χ1) is 8.45. The third-order valence-corrected chi connectivity index (χ3v) is 5.09. The summed E-state index contributed by atoms with van der Waals surface area (Å²) in [5, 5.41) is 5.01. The molecule has 0 saturated heterocycles. The van der Waals surface area contributed by atoms with Crippen LogP contribution in [0.25, 0.3) is 0 Å². The lowest BCUT2D eigenvalue weighted by Crippen LogP contribution is -2.55. The second kappa shape index (κ2) is 4.97. The van der Waals surface area contributed by atoms with Gasteiger partial charge in [-0.1, -0.05) is 19.1 Å². The fraction of sp³-hybridized carbons (Fsp3) is 0.538. The van der Waals surface area contributed by atoms with Crippen LogP contribution in [0.3, 0.4) is 0 Å². The van der Waals surface area contributed by atoms with E-state index in [4.69, 9.17) is 18.0 Å². The van der Waals surface area contributed by atoms with E-state index in [0.29, 0.717) is 17.5 Å². The fourth-order valence-corrected chi connectivity index (χ4v) is 3.65. The normalized spacial score (nSPS) is 26.4. The molecule has 1 heterocycles. The second-order valence-electron chi connectivity index (χ2n) is 5.17. The van der Waals surface area contributed by atoms with Gasteiger partial charge < -0.3 is 11.1 Å². The van der Waals surface area contributed by atoms with Crippen LogP contribution < -0.4 is 11.1 Å². The summed E-state index contributed by atoms with van der Waals surface area (Å²) in [5.41, 5.74) is 6.37. The molecule has 1 amide bonds. The molecule has 18 heavy (non-hydrogen) atoms. The van der Waals surface area contributed by atoms with Gasteiger partial charge in [0.2, 0.25) is 5.91 Å². The molecule has 0 aliphatic heterocycles. The van der Waals surface area contributed by atoms with E-state index >= 15 is 0 Å². The topological polar surface area (TPSA) is 55.1 Å². The van der Waals surface area contributed by atoms with E-state index in [2.05, 4.69) is 18.3 Å². The number of carbonyl (C=O) groups excluding carboxylic acids is 1. The highest BCUT2D eigenvalue weighted by Gasteiger charge is 2.50. The largest absolute Gasteiger partial charge is 0.392 e. The monoisotopic (exact) mass is 282 g/mol. The lowest BCUT2D eigenvalue weighted by Gasteiger charge is -2.44. The molecule has 0 bridgehead atoms. The Bertz CT molecular complexity index is 475. The van der Waals surface area contributed by atoms with Gasteiger partial charge in [0.1, 0.15) is 0 Å². The molecule has 2 rings (SSSR count). The molecule has 1 aromatic rings. The molecule has 3 nitrogen and oxygen atoms in total. The van der Waals surface area contributed by atoms with Crippen molar-refractivity contribution in [2.45, 2.75) is 33.2 Å². The average Bonchev–Trinajstić information content (AvgIpc) is 2.66. The van der Waals surface area contributed by atoms with Crippen molar-refractivity contribution in [2.75, 3.05) is 0 Å². The zero-order chi connectivity index (χ0) is 13.3. The molecule has 1 aromatic heterocycles. The predicted molar refractivity (Wildman–Crippen MR) is 78.5 cm³/mol. The number of thiocarbonyl (C=S) groups is 1. The Balaban J connectivity index is 1.99. The van der Waals surface area contributed by atoms with Crippen molar-refractivity contribution in [2.24, 2.45) is 17.1 Å². The highest BCUT2D eigenvalue weighted by Crippen LogP contribution is 2.46. The molecule has 3 N–H and O–H groups in total. The number of amides is 1. The molecular formula is C13H18N2OS2. The Hall–Kier alpha value is -0.940. The van der Waals surface area contributed by atoms with Crippen LogP contribution in [0.15, 0.2) is 11.4 Å². The van der Waals surface area contributed by atoms with Crippen LogP contribution in [-0.4, -0.2) is 10.9 Å². The number of hydrogen-bond acceptors (Lipinski definition) is 3. The summed E-state index contributed by atoms with van der Waals surface area (Å²) in [5.74, 6) is 0.515. The van der Waals surface area contributed by atoms with Crippen LogP contribution in [0.4, 0.5) is 0 Å². The molecule has 1 aliphatic rings. The van der Waals surface area contributed by atoms with Gasteiger partial charge in [-0.25, -0.2) is 0 Å². The standard InChI is InChI=1S/C13H18N2OS2/c1-8-5-13(6-8,11(14)17)12(16)15-7-10-9(2)3-4-18-10/h3-4,8H,5-7H2,1-2H3,(H2,14,17)(H,15,16). The maximum atomic E-state index is 12.3. The van der Waals surface area contributed by atoms with Crippen molar-refractivity contribution < 1.29 is 4.79 Å². The van der Waals surface area contributed by atoms with E-state index < -0.39 is 5.41 Å². The summed E-state index contributed by atoms with van der Waals surface area (Å²) >= 11 is 6.73. The maximum absolute atomic E-state index is 12.3. The average molecular weight is 282 g/mol. The summed E-state index contributed by atoms with van der Waals surface area (Å²) in [6.07, 6.45) is 1.55. The zero-order valence-corrected chi connectivity index (χ0v) is 12.3. The number of nitrogens with one attached hydrogen (secondary N) is 1. The lowest BCUT2D eigenvalue weighted by atomic mass is 9.62. The number of nitrogens with two attached hydrogens (primary N) is 1. The molecule has 5 heteroatoms. The second-order valence-corrected chi connectivity index (χ2v) is 6.61. The molecule has 0 radical (unpaired) electrons. The van der Waals surface area contributed by atoms with Gasteiger partial charge in [0.25, 0.3) is 0 Å². The van der Waals surface area contributed by atoms with Crippen molar-refractivity contribution in [3.8, 4) is 0 Å². The Morgan fingerprint density at radius 2 is 2.33 bits per heavy atom. The van der Waals surface area contributed by atoms with Gasteiger partial charge in [-0.3, -0.25) is 4.79 Å². The van der Waals surface area contributed by atoms with Gasteiger partial charge in [-0.15, -0.1) is 11.3 Å². The number of carbonyl (C=O) groups is 1. The van der Waals surface area contributed by atoms with E-state index in [0.717, 1.165) is 12.8 Å². The Morgan fingerprint density at radius 1 is 1.67 bits per heavy atom. The van der Waals surface area contributed by atoms with Crippen molar-refractivity contribution in [1.82, 2.24) is 5.32 Å². The third-order valence-electron chi connectivity index (χ3n) is 3.68.